The smallest absolute Gasteiger partial charge is 0.243 e. The zero-order valence-corrected chi connectivity index (χ0v) is 16.0. The number of furan rings is 1. The first-order chi connectivity index (χ1) is 13.0. The Hall–Kier alpha value is -2.77. The Bertz CT molecular complexity index is 949. The van der Waals surface area contributed by atoms with Crippen LogP contribution in [0.3, 0.4) is 0 Å². The molecule has 0 N–H and O–H groups in total. The lowest BCUT2D eigenvalue weighted by molar-refractivity contribution is 0.358. The van der Waals surface area contributed by atoms with E-state index in [0.717, 1.165) is 5.56 Å². The first-order valence-corrected chi connectivity index (χ1v) is 9.76. The molecular weight excluding hydrogens is 366 g/mol. The maximum absolute atomic E-state index is 13.2. The van der Waals surface area contributed by atoms with Gasteiger partial charge in [0, 0.05) is 6.54 Å². The number of ether oxygens (including phenoxy) is 2. The minimum Gasteiger partial charge on any atom is -0.497 e. The summed E-state index contributed by atoms with van der Waals surface area (Å²) in [5.41, 5.74) is 0.847. The second kappa shape index (κ2) is 8.28. The molecule has 7 heteroatoms. The number of hydrogen-bond donors (Lipinski definition) is 0. The monoisotopic (exact) mass is 387 g/mol. The summed E-state index contributed by atoms with van der Waals surface area (Å²) in [6.45, 7) is 0.340. The number of benzene rings is 2. The van der Waals surface area contributed by atoms with Crippen molar-refractivity contribution in [3.05, 3.63) is 78.3 Å². The molecule has 0 bridgehead atoms. The molecule has 0 saturated heterocycles. The van der Waals surface area contributed by atoms with E-state index in [4.69, 9.17) is 13.9 Å². The molecule has 142 valence electrons. The molecule has 0 unspecified atom stereocenters. The van der Waals surface area contributed by atoms with E-state index in [1.165, 1.54) is 29.8 Å². The Morgan fingerprint density at radius 3 is 1.96 bits per heavy atom. The normalized spacial score (nSPS) is 11.5. The second-order valence-electron chi connectivity index (χ2n) is 5.88. The van der Waals surface area contributed by atoms with Crippen LogP contribution in [-0.2, 0) is 23.1 Å². The fraction of sp³-hybridized carbons (Fsp3) is 0.200. The lowest BCUT2D eigenvalue weighted by Gasteiger charge is -2.21. The average molecular weight is 387 g/mol. The minimum atomic E-state index is -3.73. The molecule has 1 heterocycles. The van der Waals surface area contributed by atoms with Crippen molar-refractivity contribution < 1.29 is 22.3 Å². The first-order valence-electron chi connectivity index (χ1n) is 8.32. The largest absolute Gasteiger partial charge is 0.497 e. The highest BCUT2D eigenvalue weighted by atomic mass is 32.2. The van der Waals surface area contributed by atoms with E-state index in [2.05, 4.69) is 0 Å². The molecule has 6 nitrogen and oxygen atoms in total. The van der Waals surface area contributed by atoms with E-state index < -0.39 is 10.0 Å². The van der Waals surface area contributed by atoms with E-state index in [1.807, 2.05) is 12.1 Å². The summed E-state index contributed by atoms with van der Waals surface area (Å²) in [6.07, 6.45) is 1.53. The molecular formula is C20H21NO5S. The summed E-state index contributed by atoms with van der Waals surface area (Å²) in [4.78, 5) is 0.198. The van der Waals surface area contributed by atoms with Gasteiger partial charge in [0.15, 0.2) is 0 Å². The van der Waals surface area contributed by atoms with Gasteiger partial charge < -0.3 is 13.9 Å². The minimum absolute atomic E-state index is 0.132. The van der Waals surface area contributed by atoms with Crippen LogP contribution in [0.15, 0.2) is 76.2 Å². The van der Waals surface area contributed by atoms with Crippen molar-refractivity contribution >= 4 is 10.0 Å². The van der Waals surface area contributed by atoms with Gasteiger partial charge in [0.2, 0.25) is 10.0 Å². The van der Waals surface area contributed by atoms with Crippen LogP contribution in [0.4, 0.5) is 0 Å². The van der Waals surface area contributed by atoms with Gasteiger partial charge in [-0.1, -0.05) is 12.1 Å². The van der Waals surface area contributed by atoms with Gasteiger partial charge in [-0.3, -0.25) is 0 Å². The van der Waals surface area contributed by atoms with Crippen LogP contribution in [0, 0.1) is 0 Å². The number of hydrogen-bond acceptors (Lipinski definition) is 5. The van der Waals surface area contributed by atoms with E-state index in [0.29, 0.717) is 17.3 Å². The predicted octanol–water partition coefficient (Wildman–Crippen LogP) is 3.69. The summed E-state index contributed by atoms with van der Waals surface area (Å²) in [7, 11) is -0.602. The third-order valence-electron chi connectivity index (χ3n) is 4.13. The number of sulfonamides is 1. The highest BCUT2D eigenvalue weighted by molar-refractivity contribution is 7.89. The molecule has 0 aliphatic rings. The van der Waals surface area contributed by atoms with Crippen molar-refractivity contribution in [3.63, 3.8) is 0 Å². The molecule has 2 aromatic carbocycles. The van der Waals surface area contributed by atoms with E-state index in [-0.39, 0.29) is 18.0 Å². The van der Waals surface area contributed by atoms with E-state index in [9.17, 15) is 8.42 Å². The first kappa shape index (κ1) is 19.0. The van der Waals surface area contributed by atoms with Gasteiger partial charge in [-0.15, -0.1) is 0 Å². The van der Waals surface area contributed by atoms with E-state index >= 15 is 0 Å². The molecule has 0 fully saturated rings. The van der Waals surface area contributed by atoms with Gasteiger partial charge >= 0.3 is 0 Å². The molecule has 0 atom stereocenters. The second-order valence-corrected chi connectivity index (χ2v) is 7.81. The van der Waals surface area contributed by atoms with Gasteiger partial charge in [0.05, 0.1) is 31.9 Å². The fourth-order valence-electron chi connectivity index (χ4n) is 2.63. The summed E-state index contributed by atoms with van der Waals surface area (Å²) in [5, 5.41) is 0. The zero-order chi connectivity index (χ0) is 19.3. The molecule has 0 amide bonds. The molecule has 3 aromatic rings. The average Bonchev–Trinajstić information content (AvgIpc) is 3.21. The standard InChI is InChI=1S/C20H21NO5S/c1-24-17-7-5-16(6-8-17)14-21(15-19-4-3-13-26-19)27(22,23)20-11-9-18(25-2)10-12-20/h3-13H,14-15H2,1-2H3. The third-order valence-corrected chi connectivity index (χ3v) is 5.93. The molecule has 0 saturated carbocycles. The molecule has 0 radical (unpaired) electrons. The zero-order valence-electron chi connectivity index (χ0n) is 15.2. The van der Waals surface area contributed by atoms with Gasteiger partial charge in [-0.05, 0) is 54.1 Å². The summed E-state index contributed by atoms with van der Waals surface area (Å²) >= 11 is 0. The number of rotatable bonds is 8. The number of nitrogens with zero attached hydrogens (tertiary/aromatic N) is 1. The Kier molecular flexibility index (Phi) is 5.83. The quantitative estimate of drug-likeness (QED) is 0.590. The van der Waals surface area contributed by atoms with Crippen molar-refractivity contribution in [2.24, 2.45) is 0 Å². The lowest BCUT2D eigenvalue weighted by atomic mass is 10.2. The Morgan fingerprint density at radius 2 is 1.44 bits per heavy atom. The summed E-state index contributed by atoms with van der Waals surface area (Å²) < 4.78 is 43.4. The van der Waals surface area contributed by atoms with Crippen LogP contribution in [0.5, 0.6) is 11.5 Å². The maximum atomic E-state index is 13.2. The maximum Gasteiger partial charge on any atom is 0.243 e. The van der Waals surface area contributed by atoms with Gasteiger partial charge in [-0.25, -0.2) is 8.42 Å². The topological polar surface area (TPSA) is 69.0 Å². The SMILES string of the molecule is COc1ccc(CN(Cc2ccco2)S(=O)(=O)c2ccc(OC)cc2)cc1. The Labute approximate surface area is 159 Å². The fourth-order valence-corrected chi connectivity index (χ4v) is 4.03. The van der Waals surface area contributed by atoms with Crippen molar-refractivity contribution in [3.8, 4) is 11.5 Å². The highest BCUT2D eigenvalue weighted by Gasteiger charge is 2.26. The predicted molar refractivity (Wildman–Crippen MR) is 101 cm³/mol. The molecule has 0 spiro atoms. The molecule has 1 aromatic heterocycles. The van der Waals surface area contributed by atoms with Crippen molar-refractivity contribution in [2.75, 3.05) is 14.2 Å². The van der Waals surface area contributed by atoms with Crippen LogP contribution in [0.25, 0.3) is 0 Å². The lowest BCUT2D eigenvalue weighted by Crippen LogP contribution is -2.30. The van der Waals surface area contributed by atoms with Crippen LogP contribution in [0.1, 0.15) is 11.3 Å². The van der Waals surface area contributed by atoms with Crippen molar-refractivity contribution in [1.82, 2.24) is 4.31 Å². The molecule has 0 aliphatic heterocycles. The molecule has 0 aliphatic carbocycles. The van der Waals surface area contributed by atoms with E-state index in [1.54, 1.807) is 43.5 Å². The van der Waals surface area contributed by atoms with Crippen molar-refractivity contribution in [1.29, 1.82) is 0 Å². The highest BCUT2D eigenvalue weighted by Crippen LogP contribution is 2.24. The summed E-state index contributed by atoms with van der Waals surface area (Å²) in [6, 6.07) is 17.1. The van der Waals surface area contributed by atoms with Gasteiger partial charge in [-0.2, -0.15) is 4.31 Å². The van der Waals surface area contributed by atoms with Crippen LogP contribution >= 0.6 is 0 Å². The summed E-state index contributed by atoms with van der Waals surface area (Å²) in [5.74, 6) is 1.89. The molecule has 3 rings (SSSR count). The Morgan fingerprint density at radius 1 is 0.852 bits per heavy atom. The van der Waals surface area contributed by atoms with Gasteiger partial charge in [0.1, 0.15) is 17.3 Å². The number of methoxy groups -OCH3 is 2. The molecule has 27 heavy (non-hydrogen) atoms. The van der Waals surface area contributed by atoms with Crippen LogP contribution < -0.4 is 9.47 Å². The van der Waals surface area contributed by atoms with Crippen molar-refractivity contribution in [2.45, 2.75) is 18.0 Å². The third kappa shape index (κ3) is 4.50. The van der Waals surface area contributed by atoms with Crippen LogP contribution in [-0.4, -0.2) is 26.9 Å². The Balaban J connectivity index is 1.91. The van der Waals surface area contributed by atoms with Gasteiger partial charge in [0.25, 0.3) is 0 Å². The van der Waals surface area contributed by atoms with Crippen LogP contribution in [0.2, 0.25) is 0 Å².